The molecule has 0 unspecified atom stereocenters. The van der Waals surface area contributed by atoms with Crippen molar-refractivity contribution in [3.05, 3.63) is 23.8 Å². The summed E-state index contributed by atoms with van der Waals surface area (Å²) in [6, 6.07) is 1.51. The van der Waals surface area contributed by atoms with Crippen molar-refractivity contribution >= 4 is 40.7 Å². The van der Waals surface area contributed by atoms with Gasteiger partial charge in [-0.3, -0.25) is 15.2 Å². The number of carbonyl (C=O) groups excluding carboxylic acids is 2. The van der Waals surface area contributed by atoms with E-state index in [4.69, 9.17) is 27.6 Å². The summed E-state index contributed by atoms with van der Waals surface area (Å²) in [6.45, 7) is 2.71. The van der Waals surface area contributed by atoms with Crippen molar-refractivity contribution in [1.82, 2.24) is 15.8 Å². The van der Waals surface area contributed by atoms with Gasteiger partial charge in [-0.1, -0.05) is 19.1 Å². The molecule has 13 heteroatoms. The summed E-state index contributed by atoms with van der Waals surface area (Å²) in [5, 5.41) is 3.97. The van der Waals surface area contributed by atoms with E-state index in [1.54, 1.807) is 0 Å². The normalized spacial score (nSPS) is 19.2. The van der Waals surface area contributed by atoms with Crippen LogP contribution in [0.3, 0.4) is 0 Å². The molecule has 0 aromatic heterocycles. The Labute approximate surface area is 183 Å². The van der Waals surface area contributed by atoms with E-state index in [0.29, 0.717) is 18.0 Å². The maximum absolute atomic E-state index is 14.9. The molecule has 2 aliphatic heterocycles. The smallest absolute Gasteiger partial charge is 0.414 e. The molecule has 10 nitrogen and oxygen atoms in total. The quantitative estimate of drug-likeness (QED) is 0.262. The molecule has 2 heterocycles. The van der Waals surface area contributed by atoms with Gasteiger partial charge < -0.3 is 15.0 Å². The predicted molar refractivity (Wildman–Crippen MR) is 112 cm³/mol. The third kappa shape index (κ3) is 5.29. The van der Waals surface area contributed by atoms with Gasteiger partial charge in [-0.25, -0.2) is 29.3 Å². The zero-order chi connectivity index (χ0) is 22.5. The van der Waals surface area contributed by atoms with Gasteiger partial charge in [-0.2, -0.15) is 0 Å². The van der Waals surface area contributed by atoms with Gasteiger partial charge in [0.25, 0.3) is 0 Å². The number of benzene rings is 1. The largest absolute Gasteiger partial charge is 0.442 e. The van der Waals surface area contributed by atoms with Crippen LogP contribution in [-0.2, 0) is 9.57 Å². The summed E-state index contributed by atoms with van der Waals surface area (Å²) in [5.74, 6) is 3.40. The van der Waals surface area contributed by atoms with E-state index < -0.39 is 29.9 Å². The van der Waals surface area contributed by atoms with Crippen LogP contribution in [-0.4, -0.2) is 67.6 Å². The summed E-state index contributed by atoms with van der Waals surface area (Å²) in [4.78, 5) is 32.3. The Kier molecular flexibility index (Phi) is 7.41. The maximum Gasteiger partial charge on any atom is 0.414 e. The van der Waals surface area contributed by atoms with E-state index in [1.807, 2.05) is 12.3 Å². The third-order valence-corrected chi connectivity index (χ3v) is 5.32. The number of cyclic esters (lactones) is 1. The SMILES string of the molecule is CCC(=S)NC[C@H]1CN(c2cc(F)c(N3CCON(C(=O)NN)CC3)c(F)c2)C(=O)O1. The molecule has 31 heavy (non-hydrogen) atoms. The van der Waals surface area contributed by atoms with Crippen LogP contribution in [0.15, 0.2) is 12.1 Å². The minimum Gasteiger partial charge on any atom is -0.442 e. The Morgan fingerprint density at radius 3 is 2.65 bits per heavy atom. The monoisotopic (exact) mass is 458 g/mol. The van der Waals surface area contributed by atoms with E-state index >= 15 is 0 Å². The van der Waals surface area contributed by atoms with Gasteiger partial charge in [0.1, 0.15) is 11.8 Å². The zero-order valence-electron chi connectivity index (χ0n) is 16.9. The van der Waals surface area contributed by atoms with E-state index in [2.05, 4.69) is 5.32 Å². The van der Waals surface area contributed by atoms with Gasteiger partial charge in [0, 0.05) is 25.2 Å². The second-order valence-corrected chi connectivity index (χ2v) is 7.40. The average Bonchev–Trinajstić information content (AvgIpc) is 2.95. The minimum absolute atomic E-state index is 0.0286. The molecule has 0 spiro atoms. The second kappa shape index (κ2) is 10.0. The van der Waals surface area contributed by atoms with Crippen LogP contribution in [0.5, 0.6) is 0 Å². The maximum atomic E-state index is 14.9. The second-order valence-electron chi connectivity index (χ2n) is 6.90. The highest BCUT2D eigenvalue weighted by molar-refractivity contribution is 7.80. The van der Waals surface area contributed by atoms with Crippen molar-refractivity contribution in [3.8, 4) is 0 Å². The van der Waals surface area contributed by atoms with Crippen LogP contribution >= 0.6 is 12.2 Å². The fraction of sp³-hybridized carbons (Fsp3) is 0.500. The van der Waals surface area contributed by atoms with E-state index in [0.717, 1.165) is 17.2 Å². The molecule has 1 aromatic rings. The van der Waals surface area contributed by atoms with Crippen LogP contribution in [0.2, 0.25) is 0 Å². The summed E-state index contributed by atoms with van der Waals surface area (Å²) in [5.41, 5.74) is 1.73. The molecule has 1 aromatic carbocycles. The number of nitrogens with two attached hydrogens (primary N) is 1. The first kappa shape index (κ1) is 22.9. The van der Waals surface area contributed by atoms with Gasteiger partial charge in [-0.15, -0.1) is 0 Å². The number of hydrazine groups is 1. The summed E-state index contributed by atoms with van der Waals surface area (Å²) < 4.78 is 35.0. The first-order valence-electron chi connectivity index (χ1n) is 9.73. The topological polar surface area (TPSA) is 112 Å². The molecule has 2 saturated heterocycles. The highest BCUT2D eigenvalue weighted by Crippen LogP contribution is 2.31. The Morgan fingerprint density at radius 2 is 2.00 bits per heavy atom. The molecule has 0 bridgehead atoms. The van der Waals surface area contributed by atoms with Crippen LogP contribution in [0.4, 0.5) is 29.7 Å². The molecular weight excluding hydrogens is 434 g/mol. The highest BCUT2D eigenvalue weighted by atomic mass is 32.1. The molecule has 3 rings (SSSR count). The number of rotatable bonds is 5. The standard InChI is InChI=1S/C18H24F2N6O4S/c1-2-15(31)22-9-12-10-25(18(28)30-12)11-7-13(19)16(14(20)8-11)24-3-4-26(17(27)23-21)29-6-5-24/h7-8,12H,2-6,9-10,21H2,1H3,(H,22,31)(H,23,27)/t12-/m0/s1. The first-order valence-corrected chi connectivity index (χ1v) is 10.1. The Bertz CT molecular complexity index is 837. The molecular formula is C18H24F2N6O4S. The number of nitrogens with zero attached hydrogens (tertiary/aromatic N) is 3. The first-order chi connectivity index (χ1) is 14.8. The number of halogens is 2. The number of carbonyl (C=O) groups is 2. The zero-order valence-corrected chi connectivity index (χ0v) is 17.7. The molecule has 2 aliphatic rings. The number of hydrogen-bond donors (Lipinski definition) is 3. The number of thiocarbonyl (C=S) groups is 1. The number of hydrogen-bond acceptors (Lipinski definition) is 7. The lowest BCUT2D eigenvalue weighted by atomic mass is 10.2. The Balaban J connectivity index is 1.71. The Morgan fingerprint density at radius 1 is 1.29 bits per heavy atom. The molecule has 0 saturated carbocycles. The van der Waals surface area contributed by atoms with E-state index in [1.165, 1.54) is 9.80 Å². The lowest BCUT2D eigenvalue weighted by Crippen LogP contribution is -2.44. The molecule has 0 aliphatic carbocycles. The number of amides is 3. The van der Waals surface area contributed by atoms with Crippen molar-refractivity contribution in [3.63, 3.8) is 0 Å². The van der Waals surface area contributed by atoms with Crippen molar-refractivity contribution in [1.29, 1.82) is 0 Å². The summed E-state index contributed by atoms with van der Waals surface area (Å²) in [6.07, 6.45) is -0.522. The highest BCUT2D eigenvalue weighted by Gasteiger charge is 2.34. The van der Waals surface area contributed by atoms with Gasteiger partial charge >= 0.3 is 12.1 Å². The van der Waals surface area contributed by atoms with E-state index in [-0.39, 0.29) is 44.2 Å². The van der Waals surface area contributed by atoms with Gasteiger partial charge in [0.05, 0.1) is 36.9 Å². The lowest BCUT2D eigenvalue weighted by Gasteiger charge is -2.24. The number of anilines is 2. The number of ether oxygens (including phenoxy) is 1. The molecule has 3 amide bonds. The fourth-order valence-corrected chi connectivity index (χ4v) is 3.39. The summed E-state index contributed by atoms with van der Waals surface area (Å²) >= 11 is 5.08. The van der Waals surface area contributed by atoms with Gasteiger partial charge in [0.15, 0.2) is 11.6 Å². The molecule has 0 radical (unpaired) electrons. The predicted octanol–water partition coefficient (Wildman–Crippen LogP) is 1.25. The van der Waals surface area contributed by atoms with Gasteiger partial charge in [0.2, 0.25) is 0 Å². The van der Waals surface area contributed by atoms with Crippen molar-refractivity contribution in [2.75, 3.05) is 49.1 Å². The van der Waals surface area contributed by atoms with Crippen molar-refractivity contribution in [2.45, 2.75) is 19.4 Å². The molecule has 1 atom stereocenters. The summed E-state index contributed by atoms with van der Waals surface area (Å²) in [7, 11) is 0. The molecule has 170 valence electrons. The van der Waals surface area contributed by atoms with Crippen LogP contribution < -0.4 is 26.4 Å². The molecule has 2 fully saturated rings. The Hall–Kier alpha value is -2.77. The van der Waals surface area contributed by atoms with Gasteiger partial charge in [-0.05, 0) is 6.42 Å². The minimum atomic E-state index is -0.840. The van der Waals surface area contributed by atoms with Crippen molar-refractivity contribution < 1.29 is 27.9 Å². The lowest BCUT2D eigenvalue weighted by molar-refractivity contribution is -0.104. The van der Waals surface area contributed by atoms with Crippen LogP contribution in [0.25, 0.3) is 0 Å². The van der Waals surface area contributed by atoms with Crippen molar-refractivity contribution in [2.24, 2.45) is 5.84 Å². The number of nitrogens with one attached hydrogen (secondary N) is 2. The number of hydroxylamine groups is 2. The average molecular weight is 458 g/mol. The van der Waals surface area contributed by atoms with Crippen LogP contribution in [0.1, 0.15) is 13.3 Å². The third-order valence-electron chi connectivity index (χ3n) is 4.88. The fourth-order valence-electron chi connectivity index (χ4n) is 3.31. The number of urea groups is 1. The molecule has 4 N–H and O–H groups in total. The van der Waals surface area contributed by atoms with Crippen LogP contribution in [0, 0.1) is 11.6 Å². The van der Waals surface area contributed by atoms with E-state index in [9.17, 15) is 18.4 Å².